The highest BCUT2D eigenvalue weighted by Crippen LogP contribution is 2.17. The van der Waals surface area contributed by atoms with E-state index in [1.54, 1.807) is 0 Å². The number of carbonyl (C=O) groups excluding carboxylic acids is 3. The van der Waals surface area contributed by atoms with Gasteiger partial charge < -0.3 is 5.32 Å². The van der Waals surface area contributed by atoms with Gasteiger partial charge in [-0.15, -0.1) is 0 Å². The Morgan fingerprint density at radius 3 is 2.52 bits per heavy atom. The molecule has 1 aromatic carbocycles. The second-order valence-electron chi connectivity index (χ2n) is 4.16. The Balaban J connectivity index is 1.85. The number of imide groups is 1. The number of carbonyl (C=O) groups is 3. The van der Waals surface area contributed by atoms with Crippen molar-refractivity contribution in [2.45, 2.75) is 0 Å². The first-order chi connectivity index (χ1) is 9.99. The molecule has 1 aliphatic rings. The molecule has 1 heterocycles. The number of rotatable bonds is 5. The van der Waals surface area contributed by atoms with Crippen molar-refractivity contribution in [3.05, 3.63) is 39.9 Å². The molecule has 1 N–H and O–H groups in total. The molecule has 0 bridgehead atoms. The van der Waals surface area contributed by atoms with Crippen LogP contribution in [-0.4, -0.2) is 45.7 Å². The Morgan fingerprint density at radius 1 is 1.33 bits per heavy atom. The van der Waals surface area contributed by atoms with Gasteiger partial charge in [-0.05, 0) is 12.1 Å². The van der Waals surface area contributed by atoms with Crippen LogP contribution < -0.4 is 5.32 Å². The standard InChI is InChI=1S/C12H11N3O5S/c16-10-7-21-12(18)14(10)6-5-13-11(17)8-1-3-9(4-2-8)15(19)20/h1-4H,5-7H2,(H,13,17). The minimum atomic E-state index is -0.552. The summed E-state index contributed by atoms with van der Waals surface area (Å²) in [7, 11) is 0. The van der Waals surface area contributed by atoms with E-state index >= 15 is 0 Å². The second-order valence-corrected chi connectivity index (χ2v) is 5.09. The highest BCUT2D eigenvalue weighted by atomic mass is 32.2. The number of hydrogen-bond acceptors (Lipinski definition) is 6. The van der Waals surface area contributed by atoms with Crippen LogP contribution in [0.2, 0.25) is 0 Å². The SMILES string of the molecule is O=C(NCCN1C(=O)CSC1=O)c1ccc([N+](=O)[O-])cc1. The number of hydrogen-bond donors (Lipinski definition) is 1. The smallest absolute Gasteiger partial charge is 0.288 e. The molecule has 0 unspecified atom stereocenters. The van der Waals surface area contributed by atoms with E-state index < -0.39 is 10.8 Å². The summed E-state index contributed by atoms with van der Waals surface area (Å²) in [5.41, 5.74) is 0.172. The van der Waals surface area contributed by atoms with Gasteiger partial charge in [0.25, 0.3) is 16.8 Å². The van der Waals surface area contributed by atoms with E-state index in [4.69, 9.17) is 0 Å². The van der Waals surface area contributed by atoms with Gasteiger partial charge in [-0.3, -0.25) is 29.4 Å². The lowest BCUT2D eigenvalue weighted by molar-refractivity contribution is -0.384. The maximum absolute atomic E-state index is 11.8. The third-order valence-electron chi connectivity index (χ3n) is 2.80. The van der Waals surface area contributed by atoms with Gasteiger partial charge in [0, 0.05) is 30.8 Å². The molecule has 1 fully saturated rings. The van der Waals surface area contributed by atoms with Gasteiger partial charge in [-0.25, -0.2) is 0 Å². The third kappa shape index (κ3) is 3.57. The van der Waals surface area contributed by atoms with Gasteiger partial charge in [0.1, 0.15) is 0 Å². The molecule has 0 spiro atoms. The average Bonchev–Trinajstić information content (AvgIpc) is 2.79. The summed E-state index contributed by atoms with van der Waals surface area (Å²) in [6.45, 7) is 0.247. The molecule has 1 aromatic rings. The summed E-state index contributed by atoms with van der Waals surface area (Å²) in [5.74, 6) is -0.555. The molecule has 3 amide bonds. The number of benzene rings is 1. The third-order valence-corrected chi connectivity index (χ3v) is 3.66. The number of nitrogens with one attached hydrogen (secondary N) is 1. The molecule has 110 valence electrons. The van der Waals surface area contributed by atoms with Gasteiger partial charge in [0.05, 0.1) is 10.7 Å². The van der Waals surface area contributed by atoms with Crippen molar-refractivity contribution >= 4 is 34.5 Å². The van der Waals surface area contributed by atoms with Crippen LogP contribution >= 0.6 is 11.8 Å². The van der Waals surface area contributed by atoms with Crippen molar-refractivity contribution in [3.8, 4) is 0 Å². The van der Waals surface area contributed by atoms with Crippen LogP contribution in [-0.2, 0) is 4.79 Å². The molecule has 0 aliphatic carbocycles. The monoisotopic (exact) mass is 309 g/mol. The van der Waals surface area contributed by atoms with E-state index in [-0.39, 0.29) is 41.2 Å². The second kappa shape index (κ2) is 6.35. The highest BCUT2D eigenvalue weighted by Gasteiger charge is 2.29. The lowest BCUT2D eigenvalue weighted by atomic mass is 10.2. The van der Waals surface area contributed by atoms with E-state index in [2.05, 4.69) is 5.32 Å². The quantitative estimate of drug-likeness (QED) is 0.642. The zero-order valence-corrected chi connectivity index (χ0v) is 11.6. The number of nitro benzene ring substituents is 1. The van der Waals surface area contributed by atoms with Gasteiger partial charge in [0.2, 0.25) is 5.91 Å². The molecule has 9 heteroatoms. The van der Waals surface area contributed by atoms with E-state index in [0.717, 1.165) is 16.7 Å². The fraction of sp³-hybridized carbons (Fsp3) is 0.250. The lowest BCUT2D eigenvalue weighted by Gasteiger charge is -2.13. The largest absolute Gasteiger partial charge is 0.350 e. The van der Waals surface area contributed by atoms with Crippen molar-refractivity contribution < 1.29 is 19.3 Å². The van der Waals surface area contributed by atoms with Crippen LogP contribution in [0, 0.1) is 10.1 Å². The molecule has 0 atom stereocenters. The molecule has 2 rings (SSSR count). The first kappa shape index (κ1) is 15.0. The van der Waals surface area contributed by atoms with Crippen LogP contribution in [0.25, 0.3) is 0 Å². The van der Waals surface area contributed by atoms with E-state index in [0.29, 0.717) is 0 Å². The van der Waals surface area contributed by atoms with Crippen molar-refractivity contribution in [1.29, 1.82) is 0 Å². The number of nitrogens with zero attached hydrogens (tertiary/aromatic N) is 2. The van der Waals surface area contributed by atoms with Crippen molar-refractivity contribution in [2.75, 3.05) is 18.8 Å². The molecule has 1 saturated heterocycles. The summed E-state index contributed by atoms with van der Waals surface area (Å²) in [5, 5.41) is 12.7. The minimum absolute atomic E-state index is 0.100. The van der Waals surface area contributed by atoms with Crippen LogP contribution in [0.4, 0.5) is 10.5 Å². The highest BCUT2D eigenvalue weighted by molar-refractivity contribution is 8.14. The van der Waals surface area contributed by atoms with Gasteiger partial charge in [-0.1, -0.05) is 11.8 Å². The zero-order chi connectivity index (χ0) is 15.4. The topological polar surface area (TPSA) is 110 Å². The van der Waals surface area contributed by atoms with Gasteiger partial charge in [-0.2, -0.15) is 0 Å². The number of thioether (sulfide) groups is 1. The van der Waals surface area contributed by atoms with Crippen LogP contribution in [0.15, 0.2) is 24.3 Å². The molecule has 21 heavy (non-hydrogen) atoms. The molecule has 0 radical (unpaired) electrons. The summed E-state index contributed by atoms with van der Waals surface area (Å²) < 4.78 is 0. The Kier molecular flexibility index (Phi) is 4.53. The fourth-order valence-corrected chi connectivity index (χ4v) is 2.47. The predicted octanol–water partition coefficient (Wildman–Crippen LogP) is 1.02. The molecule has 0 saturated carbocycles. The average molecular weight is 309 g/mol. The van der Waals surface area contributed by atoms with Crippen LogP contribution in [0.3, 0.4) is 0 Å². The Labute approximate surface area is 123 Å². The first-order valence-electron chi connectivity index (χ1n) is 5.99. The van der Waals surface area contributed by atoms with E-state index in [1.165, 1.54) is 24.3 Å². The molecular formula is C12H11N3O5S. The van der Waals surface area contributed by atoms with Crippen LogP contribution in [0.1, 0.15) is 10.4 Å². The molecule has 1 aliphatic heterocycles. The normalized spacial score (nSPS) is 14.4. The lowest BCUT2D eigenvalue weighted by Crippen LogP contribution is -2.37. The first-order valence-corrected chi connectivity index (χ1v) is 6.97. The van der Waals surface area contributed by atoms with Crippen molar-refractivity contribution in [2.24, 2.45) is 0 Å². The fourth-order valence-electron chi connectivity index (χ4n) is 1.71. The van der Waals surface area contributed by atoms with E-state index in [9.17, 15) is 24.5 Å². The number of non-ortho nitro benzene ring substituents is 1. The molecular weight excluding hydrogens is 298 g/mol. The van der Waals surface area contributed by atoms with Crippen molar-refractivity contribution in [3.63, 3.8) is 0 Å². The van der Waals surface area contributed by atoms with Gasteiger partial charge >= 0.3 is 0 Å². The molecule has 0 aromatic heterocycles. The predicted molar refractivity (Wildman–Crippen MR) is 75.0 cm³/mol. The summed E-state index contributed by atoms with van der Waals surface area (Å²) in [6, 6.07) is 5.16. The van der Waals surface area contributed by atoms with Crippen LogP contribution in [0.5, 0.6) is 0 Å². The number of nitro groups is 1. The summed E-state index contributed by atoms with van der Waals surface area (Å²) in [4.78, 5) is 45.5. The zero-order valence-electron chi connectivity index (χ0n) is 10.8. The Hall–Kier alpha value is -2.42. The van der Waals surface area contributed by atoms with E-state index in [1.807, 2.05) is 0 Å². The summed E-state index contributed by atoms with van der Waals surface area (Å²) >= 11 is 0.934. The molecule has 8 nitrogen and oxygen atoms in total. The number of amides is 3. The van der Waals surface area contributed by atoms with Crippen molar-refractivity contribution in [1.82, 2.24) is 10.2 Å². The minimum Gasteiger partial charge on any atom is -0.350 e. The Morgan fingerprint density at radius 2 is 2.00 bits per heavy atom. The van der Waals surface area contributed by atoms with Gasteiger partial charge in [0.15, 0.2) is 0 Å². The Bertz CT molecular complexity index is 585. The maximum atomic E-state index is 11.8. The summed E-state index contributed by atoms with van der Waals surface area (Å²) in [6.07, 6.45) is 0. The maximum Gasteiger partial charge on any atom is 0.288 e.